The molecular weight excluding hydrogens is 489 g/mol. The van der Waals surface area contributed by atoms with Crippen molar-refractivity contribution in [2.45, 2.75) is 63.0 Å². The summed E-state index contributed by atoms with van der Waals surface area (Å²) in [4.78, 5) is 43.6. The van der Waals surface area contributed by atoms with Gasteiger partial charge in [-0.15, -0.1) is 0 Å². The number of likely N-dealkylation sites (N-methyl/N-ethyl adjacent to an activating group) is 1. The van der Waals surface area contributed by atoms with Crippen LogP contribution >= 0.6 is 0 Å². The van der Waals surface area contributed by atoms with Crippen molar-refractivity contribution < 1.29 is 32.3 Å². The fraction of sp³-hybridized carbons (Fsp3) is 0.654. The zero-order chi connectivity index (χ0) is 26.7. The van der Waals surface area contributed by atoms with E-state index in [0.717, 1.165) is 24.1 Å². The summed E-state index contributed by atoms with van der Waals surface area (Å²) in [5, 5.41) is 3.02. The van der Waals surface area contributed by atoms with Crippen molar-refractivity contribution in [1.82, 2.24) is 20.0 Å². The van der Waals surface area contributed by atoms with Gasteiger partial charge in [0.25, 0.3) is 0 Å². The number of nitrogens with one attached hydrogen (secondary N) is 1. The molecule has 3 aliphatic heterocycles. The second-order valence-electron chi connectivity index (χ2n) is 10.2. The number of hydrogen-bond acceptors (Lipinski definition) is 6. The van der Waals surface area contributed by atoms with Gasteiger partial charge < -0.3 is 15.0 Å². The smallest absolute Gasteiger partial charge is 0.416 e. The Morgan fingerprint density at radius 3 is 2.38 bits per heavy atom. The monoisotopic (exact) mass is 524 g/mol. The molecule has 0 aliphatic carbocycles. The number of fused-ring (bicyclic) bond motifs is 1. The molecule has 11 heteroatoms. The number of amides is 2. The van der Waals surface area contributed by atoms with E-state index in [1.807, 2.05) is 11.9 Å². The van der Waals surface area contributed by atoms with Crippen LogP contribution in [0.25, 0.3) is 0 Å². The van der Waals surface area contributed by atoms with Crippen molar-refractivity contribution in [3.05, 3.63) is 35.4 Å². The van der Waals surface area contributed by atoms with Gasteiger partial charge in [0.2, 0.25) is 11.8 Å². The van der Waals surface area contributed by atoms with Crippen LogP contribution in [-0.2, 0) is 31.8 Å². The van der Waals surface area contributed by atoms with Crippen LogP contribution in [0, 0.1) is 5.92 Å². The Balaban J connectivity index is 1.32. The molecule has 2 amide bonds. The number of esters is 1. The summed E-state index contributed by atoms with van der Waals surface area (Å²) in [6.45, 7) is 2.58. The van der Waals surface area contributed by atoms with Gasteiger partial charge in [-0.25, -0.2) is 0 Å². The summed E-state index contributed by atoms with van der Waals surface area (Å²) in [5.74, 6) is -0.400. The van der Waals surface area contributed by atoms with Gasteiger partial charge in [-0.1, -0.05) is 12.1 Å². The second kappa shape index (κ2) is 11.4. The average Bonchev–Trinajstić information content (AvgIpc) is 3.26. The number of hydrogen-bond donors (Lipinski definition) is 1. The van der Waals surface area contributed by atoms with Gasteiger partial charge in [-0.3, -0.25) is 24.2 Å². The number of piperidine rings is 1. The van der Waals surface area contributed by atoms with E-state index in [-0.39, 0.29) is 35.8 Å². The van der Waals surface area contributed by atoms with E-state index in [1.54, 1.807) is 4.90 Å². The Morgan fingerprint density at radius 1 is 1.08 bits per heavy atom. The highest BCUT2D eigenvalue weighted by molar-refractivity contribution is 5.83. The zero-order valence-electron chi connectivity index (χ0n) is 21.3. The highest BCUT2D eigenvalue weighted by Gasteiger charge is 2.45. The van der Waals surface area contributed by atoms with Gasteiger partial charge in [-0.05, 0) is 50.4 Å². The van der Waals surface area contributed by atoms with Crippen LogP contribution in [0.15, 0.2) is 24.3 Å². The van der Waals surface area contributed by atoms with Crippen LogP contribution < -0.4 is 5.32 Å². The molecule has 8 nitrogen and oxygen atoms in total. The number of ether oxygens (including phenoxy) is 1. The number of carbonyl (C=O) groups excluding carboxylic acids is 3. The third kappa shape index (κ3) is 6.26. The maximum absolute atomic E-state index is 13.0. The minimum absolute atomic E-state index is 0.00141. The van der Waals surface area contributed by atoms with E-state index < -0.39 is 17.8 Å². The fourth-order valence-electron chi connectivity index (χ4n) is 5.84. The molecule has 0 unspecified atom stereocenters. The first kappa shape index (κ1) is 27.4. The number of halogens is 3. The maximum atomic E-state index is 13.0. The van der Waals surface area contributed by atoms with Gasteiger partial charge in [0.05, 0.1) is 18.6 Å². The quantitative estimate of drug-likeness (QED) is 0.575. The van der Waals surface area contributed by atoms with E-state index in [2.05, 4.69) is 10.2 Å². The van der Waals surface area contributed by atoms with Crippen LogP contribution in [0.1, 0.15) is 43.2 Å². The van der Waals surface area contributed by atoms with Crippen molar-refractivity contribution in [2.75, 3.05) is 40.3 Å². The zero-order valence-corrected chi connectivity index (χ0v) is 21.3. The first-order valence-electron chi connectivity index (χ1n) is 12.8. The predicted molar refractivity (Wildman–Crippen MR) is 129 cm³/mol. The van der Waals surface area contributed by atoms with Crippen molar-refractivity contribution in [3.63, 3.8) is 0 Å². The SMILES string of the molecule is COC(=O)C1CCN(C(=O)CC[C@H]2CNC(=O)[C@@H]3[C@@H](CCN3Cc3ccc(C(F)(F)F)cc3)N2C)CC1. The van der Waals surface area contributed by atoms with E-state index in [0.29, 0.717) is 58.4 Å². The van der Waals surface area contributed by atoms with Gasteiger partial charge in [-0.2, -0.15) is 13.2 Å². The van der Waals surface area contributed by atoms with Crippen molar-refractivity contribution in [1.29, 1.82) is 0 Å². The van der Waals surface area contributed by atoms with E-state index >= 15 is 0 Å². The highest BCUT2D eigenvalue weighted by Crippen LogP contribution is 2.31. The van der Waals surface area contributed by atoms with Crippen LogP contribution in [0.4, 0.5) is 13.2 Å². The van der Waals surface area contributed by atoms with Crippen molar-refractivity contribution >= 4 is 17.8 Å². The first-order chi connectivity index (χ1) is 17.6. The lowest BCUT2D eigenvalue weighted by Gasteiger charge is -2.34. The summed E-state index contributed by atoms with van der Waals surface area (Å²) in [7, 11) is 3.36. The van der Waals surface area contributed by atoms with Crippen LogP contribution in [-0.4, -0.2) is 90.9 Å². The highest BCUT2D eigenvalue weighted by atomic mass is 19.4. The maximum Gasteiger partial charge on any atom is 0.416 e. The predicted octanol–water partition coefficient (Wildman–Crippen LogP) is 2.27. The molecule has 3 heterocycles. The number of methoxy groups -OCH3 is 1. The Bertz CT molecular complexity index is 979. The number of rotatable bonds is 6. The van der Waals surface area contributed by atoms with Gasteiger partial charge in [0.1, 0.15) is 6.04 Å². The molecule has 1 N–H and O–H groups in total. The summed E-state index contributed by atoms with van der Waals surface area (Å²) in [6.07, 6.45) is -1.43. The Hall–Kier alpha value is -2.66. The molecule has 1 aromatic rings. The topological polar surface area (TPSA) is 82.2 Å². The summed E-state index contributed by atoms with van der Waals surface area (Å²) in [5.41, 5.74) is 0.0409. The first-order valence-corrected chi connectivity index (χ1v) is 12.8. The van der Waals surface area contributed by atoms with Gasteiger partial charge in [0, 0.05) is 51.2 Å². The van der Waals surface area contributed by atoms with E-state index in [4.69, 9.17) is 4.74 Å². The molecule has 0 spiro atoms. The van der Waals surface area contributed by atoms with Crippen molar-refractivity contribution in [3.8, 4) is 0 Å². The van der Waals surface area contributed by atoms with Crippen molar-refractivity contribution in [2.24, 2.45) is 5.92 Å². The van der Waals surface area contributed by atoms with Gasteiger partial charge >= 0.3 is 12.1 Å². The minimum Gasteiger partial charge on any atom is -0.469 e. The number of carbonyl (C=O) groups is 3. The summed E-state index contributed by atoms with van der Waals surface area (Å²) in [6, 6.07) is 4.66. The minimum atomic E-state index is -4.38. The number of nitrogens with zero attached hydrogens (tertiary/aromatic N) is 3. The molecule has 0 radical (unpaired) electrons. The fourth-order valence-corrected chi connectivity index (χ4v) is 5.84. The normalized spacial score (nSPS) is 25.9. The van der Waals surface area contributed by atoms with Crippen LogP contribution in [0.3, 0.4) is 0 Å². The Kier molecular flexibility index (Phi) is 8.42. The molecule has 3 aliphatic rings. The van der Waals surface area contributed by atoms with Crippen LogP contribution in [0.2, 0.25) is 0 Å². The largest absolute Gasteiger partial charge is 0.469 e. The molecule has 37 heavy (non-hydrogen) atoms. The third-order valence-electron chi connectivity index (χ3n) is 8.09. The molecule has 0 aromatic heterocycles. The van der Waals surface area contributed by atoms with Gasteiger partial charge in [0.15, 0.2) is 0 Å². The molecule has 4 rings (SSSR count). The molecule has 3 saturated heterocycles. The number of benzene rings is 1. The van der Waals surface area contributed by atoms with E-state index in [1.165, 1.54) is 19.2 Å². The molecule has 3 atom stereocenters. The number of alkyl halides is 3. The molecule has 1 aromatic carbocycles. The lowest BCUT2D eigenvalue weighted by Crippen LogP contribution is -2.49. The molecule has 0 bridgehead atoms. The molecule has 204 valence electrons. The second-order valence-corrected chi connectivity index (χ2v) is 10.2. The lowest BCUT2D eigenvalue weighted by molar-refractivity contribution is -0.149. The number of likely N-dealkylation sites (tertiary alicyclic amines) is 2. The summed E-state index contributed by atoms with van der Waals surface area (Å²) >= 11 is 0. The molecular formula is C26H35F3N4O4. The van der Waals surface area contributed by atoms with Crippen LogP contribution in [0.5, 0.6) is 0 Å². The molecule has 3 fully saturated rings. The lowest BCUT2D eigenvalue weighted by atomic mass is 9.96. The van der Waals surface area contributed by atoms with E-state index in [9.17, 15) is 27.6 Å². The molecule has 0 saturated carbocycles. The third-order valence-corrected chi connectivity index (χ3v) is 8.09. The summed E-state index contributed by atoms with van der Waals surface area (Å²) < 4.78 is 43.5. The standard InChI is InChI=1S/C26H35F3N4O4/c1-31-20(7-8-22(34)32-12-9-18(10-13-32)25(36)37-2)15-30-24(35)23-21(31)11-14-33(23)16-17-3-5-19(6-4-17)26(27,28)29/h3-6,18,20-21,23H,7-16H2,1-2H3,(H,30,35)/t20-,21+,23-/m0/s1. The average molecular weight is 525 g/mol. The Labute approximate surface area is 215 Å². The Morgan fingerprint density at radius 2 is 1.76 bits per heavy atom.